The van der Waals surface area contributed by atoms with Gasteiger partial charge in [0.15, 0.2) is 0 Å². The van der Waals surface area contributed by atoms with Crippen molar-refractivity contribution in [3.05, 3.63) is 23.9 Å². The summed E-state index contributed by atoms with van der Waals surface area (Å²) < 4.78 is 0. The van der Waals surface area contributed by atoms with Gasteiger partial charge in [-0.15, -0.1) is 0 Å². The van der Waals surface area contributed by atoms with Crippen LogP contribution in [0.25, 0.3) is 0 Å². The molecule has 0 radical (unpaired) electrons. The van der Waals surface area contributed by atoms with E-state index in [-0.39, 0.29) is 16.9 Å². The fourth-order valence-corrected chi connectivity index (χ4v) is 1.45. The Balaban J connectivity index is 2.63. The van der Waals surface area contributed by atoms with Gasteiger partial charge in [0.25, 0.3) is 0 Å². The number of carbonyl (C=O) groups excluding carboxylic acids is 1. The molecule has 0 aliphatic rings. The van der Waals surface area contributed by atoms with Crippen LogP contribution in [0, 0.1) is 0 Å². The van der Waals surface area contributed by atoms with Gasteiger partial charge in [0.2, 0.25) is 5.91 Å². The van der Waals surface area contributed by atoms with E-state index >= 15 is 0 Å². The number of anilines is 1. The standard InChI is InChI=1S/C12H18N4OS/c1-3-7-14-12(17)8(2)15-10-6-4-5-9(16-10)11(13)18/h4-6,8H,3,7H2,1-2H3,(H2,13,18)(H,14,17)(H,15,16). The van der Waals surface area contributed by atoms with Crippen LogP contribution >= 0.6 is 12.2 Å². The Labute approximate surface area is 112 Å². The SMILES string of the molecule is CCCNC(=O)C(C)Nc1cccc(C(N)=S)n1. The van der Waals surface area contributed by atoms with Crippen molar-refractivity contribution >= 4 is 28.9 Å². The number of amides is 1. The van der Waals surface area contributed by atoms with Crippen molar-refractivity contribution in [3.63, 3.8) is 0 Å². The first-order chi connectivity index (χ1) is 8.54. The second-order valence-electron chi connectivity index (χ2n) is 3.93. The third kappa shape index (κ3) is 4.29. The predicted octanol–water partition coefficient (Wildman–Crippen LogP) is 1.04. The van der Waals surface area contributed by atoms with E-state index in [0.717, 1.165) is 6.42 Å². The minimum atomic E-state index is -0.356. The smallest absolute Gasteiger partial charge is 0.242 e. The highest BCUT2D eigenvalue weighted by molar-refractivity contribution is 7.80. The summed E-state index contributed by atoms with van der Waals surface area (Å²) in [4.78, 5) is 16.1. The van der Waals surface area contributed by atoms with Gasteiger partial charge in [-0.3, -0.25) is 4.79 Å². The van der Waals surface area contributed by atoms with Crippen molar-refractivity contribution in [3.8, 4) is 0 Å². The molecule has 5 nitrogen and oxygen atoms in total. The van der Waals surface area contributed by atoms with E-state index in [4.69, 9.17) is 18.0 Å². The Morgan fingerprint density at radius 1 is 1.56 bits per heavy atom. The number of hydrogen-bond donors (Lipinski definition) is 3. The Morgan fingerprint density at radius 2 is 2.28 bits per heavy atom. The van der Waals surface area contributed by atoms with Gasteiger partial charge in [-0.05, 0) is 25.5 Å². The van der Waals surface area contributed by atoms with E-state index in [1.807, 2.05) is 6.92 Å². The molecule has 6 heteroatoms. The molecule has 1 aromatic heterocycles. The first-order valence-corrected chi connectivity index (χ1v) is 6.26. The topological polar surface area (TPSA) is 80.0 Å². The molecular formula is C12H18N4OS. The molecule has 0 aliphatic carbocycles. The van der Waals surface area contributed by atoms with E-state index < -0.39 is 0 Å². The number of rotatable bonds is 6. The molecule has 98 valence electrons. The summed E-state index contributed by atoms with van der Waals surface area (Å²) >= 11 is 4.85. The van der Waals surface area contributed by atoms with Crippen LogP contribution < -0.4 is 16.4 Å². The maximum atomic E-state index is 11.7. The van der Waals surface area contributed by atoms with Gasteiger partial charge in [0.05, 0.1) is 5.69 Å². The molecule has 1 heterocycles. The van der Waals surface area contributed by atoms with Crippen molar-refractivity contribution in [1.82, 2.24) is 10.3 Å². The second-order valence-corrected chi connectivity index (χ2v) is 4.37. The number of hydrogen-bond acceptors (Lipinski definition) is 4. The van der Waals surface area contributed by atoms with Crippen molar-refractivity contribution in [2.75, 3.05) is 11.9 Å². The summed E-state index contributed by atoms with van der Waals surface area (Å²) in [5.41, 5.74) is 6.04. The van der Waals surface area contributed by atoms with E-state index in [2.05, 4.69) is 15.6 Å². The van der Waals surface area contributed by atoms with Crippen molar-refractivity contribution in [2.45, 2.75) is 26.3 Å². The minimum absolute atomic E-state index is 0.0561. The monoisotopic (exact) mass is 266 g/mol. The minimum Gasteiger partial charge on any atom is -0.388 e. The van der Waals surface area contributed by atoms with Crippen LogP contribution in [0.3, 0.4) is 0 Å². The number of carbonyl (C=O) groups is 1. The van der Waals surface area contributed by atoms with E-state index in [1.165, 1.54) is 0 Å². The third-order valence-electron chi connectivity index (χ3n) is 2.31. The predicted molar refractivity (Wildman–Crippen MR) is 76.5 cm³/mol. The lowest BCUT2D eigenvalue weighted by Gasteiger charge is -2.14. The number of thiocarbonyl (C=S) groups is 1. The largest absolute Gasteiger partial charge is 0.388 e. The first-order valence-electron chi connectivity index (χ1n) is 5.85. The molecule has 0 saturated heterocycles. The molecule has 1 amide bonds. The van der Waals surface area contributed by atoms with Crippen molar-refractivity contribution in [1.29, 1.82) is 0 Å². The van der Waals surface area contributed by atoms with Crippen molar-refractivity contribution in [2.24, 2.45) is 5.73 Å². The fraction of sp³-hybridized carbons (Fsp3) is 0.417. The number of nitrogens with two attached hydrogens (primary N) is 1. The number of aromatic nitrogens is 1. The molecule has 1 aromatic rings. The van der Waals surface area contributed by atoms with Gasteiger partial charge < -0.3 is 16.4 Å². The van der Waals surface area contributed by atoms with Gasteiger partial charge >= 0.3 is 0 Å². The van der Waals surface area contributed by atoms with E-state index in [0.29, 0.717) is 18.1 Å². The maximum absolute atomic E-state index is 11.7. The molecular weight excluding hydrogens is 248 g/mol. The normalized spacial score (nSPS) is 11.7. The summed E-state index contributed by atoms with van der Waals surface area (Å²) in [5.74, 6) is 0.527. The van der Waals surface area contributed by atoms with Crippen LogP contribution in [0.2, 0.25) is 0 Å². The summed E-state index contributed by atoms with van der Waals surface area (Å²) in [7, 11) is 0. The highest BCUT2D eigenvalue weighted by Crippen LogP contribution is 2.06. The van der Waals surface area contributed by atoms with Crippen LogP contribution in [-0.4, -0.2) is 28.5 Å². The molecule has 4 N–H and O–H groups in total. The fourth-order valence-electron chi connectivity index (χ4n) is 1.34. The summed E-state index contributed by atoms with van der Waals surface area (Å²) in [6.45, 7) is 4.46. The quantitative estimate of drug-likeness (QED) is 0.670. The van der Waals surface area contributed by atoms with E-state index in [1.54, 1.807) is 25.1 Å². The van der Waals surface area contributed by atoms with Crippen LogP contribution in [0.15, 0.2) is 18.2 Å². The molecule has 1 unspecified atom stereocenters. The molecule has 0 saturated carbocycles. The lowest BCUT2D eigenvalue weighted by atomic mass is 10.3. The Morgan fingerprint density at radius 3 is 2.89 bits per heavy atom. The van der Waals surface area contributed by atoms with Crippen LogP contribution in [0.5, 0.6) is 0 Å². The zero-order valence-electron chi connectivity index (χ0n) is 10.6. The Kier molecular flexibility index (Phi) is 5.51. The number of pyridine rings is 1. The molecule has 1 atom stereocenters. The zero-order chi connectivity index (χ0) is 13.5. The summed E-state index contributed by atoms with van der Waals surface area (Å²) in [6.07, 6.45) is 0.910. The molecule has 0 fully saturated rings. The van der Waals surface area contributed by atoms with Gasteiger partial charge in [-0.2, -0.15) is 0 Å². The van der Waals surface area contributed by atoms with Crippen LogP contribution in [-0.2, 0) is 4.79 Å². The van der Waals surface area contributed by atoms with Gasteiger partial charge in [-0.25, -0.2) is 4.98 Å². The molecule has 0 aliphatic heterocycles. The lowest BCUT2D eigenvalue weighted by molar-refractivity contribution is -0.121. The highest BCUT2D eigenvalue weighted by Gasteiger charge is 2.12. The van der Waals surface area contributed by atoms with Crippen molar-refractivity contribution < 1.29 is 4.79 Å². The average molecular weight is 266 g/mol. The Bertz CT molecular complexity index is 436. The lowest BCUT2D eigenvalue weighted by Crippen LogP contribution is -2.38. The molecule has 18 heavy (non-hydrogen) atoms. The average Bonchev–Trinajstić information content (AvgIpc) is 2.36. The summed E-state index contributed by atoms with van der Waals surface area (Å²) in [5, 5.41) is 5.82. The maximum Gasteiger partial charge on any atom is 0.242 e. The highest BCUT2D eigenvalue weighted by atomic mass is 32.1. The second kappa shape index (κ2) is 6.90. The molecule has 0 aromatic carbocycles. The molecule has 0 bridgehead atoms. The molecule has 0 spiro atoms. The number of nitrogens with zero attached hydrogens (tertiary/aromatic N) is 1. The summed E-state index contributed by atoms with van der Waals surface area (Å²) in [6, 6.07) is 4.94. The third-order valence-corrected chi connectivity index (χ3v) is 2.52. The van der Waals surface area contributed by atoms with Gasteiger partial charge in [0, 0.05) is 6.54 Å². The first kappa shape index (κ1) is 14.4. The zero-order valence-corrected chi connectivity index (χ0v) is 11.4. The van der Waals surface area contributed by atoms with Gasteiger partial charge in [-0.1, -0.05) is 25.2 Å². The van der Waals surface area contributed by atoms with Crippen LogP contribution in [0.1, 0.15) is 26.0 Å². The Hall–Kier alpha value is -1.69. The van der Waals surface area contributed by atoms with Crippen LogP contribution in [0.4, 0.5) is 5.82 Å². The number of nitrogens with one attached hydrogen (secondary N) is 2. The molecule has 1 rings (SSSR count). The van der Waals surface area contributed by atoms with E-state index in [9.17, 15) is 4.79 Å². The van der Waals surface area contributed by atoms with Gasteiger partial charge in [0.1, 0.15) is 16.8 Å².